The Bertz CT molecular complexity index is 724. The number of fused-ring (bicyclic) bond motifs is 2. The lowest BCUT2D eigenvalue weighted by Gasteiger charge is -2.28. The van der Waals surface area contributed by atoms with Gasteiger partial charge in [-0.05, 0) is 35.2 Å². The molecule has 0 bridgehead atoms. The highest BCUT2D eigenvalue weighted by atomic mass is 79.9. The average molecular weight is 385 g/mol. The van der Waals surface area contributed by atoms with Crippen molar-refractivity contribution >= 4 is 33.3 Å². The van der Waals surface area contributed by atoms with Crippen LogP contribution in [0.15, 0.2) is 23.3 Å². The van der Waals surface area contributed by atoms with Crippen LogP contribution in [0.4, 0.5) is 5.82 Å². The Kier molecular flexibility index (Phi) is 3.22. The molecule has 0 aromatic carbocycles. The van der Waals surface area contributed by atoms with Crippen LogP contribution in [0, 0.1) is 0 Å². The predicted octanol–water partition coefficient (Wildman–Crippen LogP) is 2.37. The van der Waals surface area contributed by atoms with Crippen LogP contribution in [0.2, 0.25) is 5.02 Å². The first-order valence-electron chi connectivity index (χ1n) is 7.15. The molecule has 2 N–H and O–H groups in total. The van der Waals surface area contributed by atoms with Gasteiger partial charge in [-0.1, -0.05) is 11.6 Å². The number of nitrogens with one attached hydrogen (secondary N) is 1. The fraction of sp³-hybridized carbons (Fsp3) is 0.500. The minimum atomic E-state index is -0.803. The van der Waals surface area contributed by atoms with Crippen LogP contribution in [0.3, 0.4) is 0 Å². The summed E-state index contributed by atoms with van der Waals surface area (Å²) in [6, 6.07) is 0. The Morgan fingerprint density at radius 3 is 3.09 bits per heavy atom. The van der Waals surface area contributed by atoms with Crippen molar-refractivity contribution in [3.63, 3.8) is 0 Å². The van der Waals surface area contributed by atoms with Gasteiger partial charge in [-0.15, -0.1) is 0 Å². The van der Waals surface area contributed by atoms with Gasteiger partial charge in [0.25, 0.3) is 0 Å². The maximum atomic E-state index is 11.0. The minimum absolute atomic E-state index is 0.168. The molecule has 116 valence electrons. The predicted molar refractivity (Wildman–Crippen MR) is 85.9 cm³/mol. The zero-order chi connectivity index (χ0) is 15.4. The lowest BCUT2D eigenvalue weighted by molar-refractivity contribution is 0.0210. The smallest absolute Gasteiger partial charge is 0.137 e. The van der Waals surface area contributed by atoms with Crippen LogP contribution in [0.1, 0.15) is 24.8 Å². The molecule has 2 aromatic rings. The molecule has 6 nitrogen and oxygen atoms in total. The second-order valence-corrected chi connectivity index (χ2v) is 7.50. The highest BCUT2D eigenvalue weighted by Crippen LogP contribution is 2.54. The molecule has 1 spiro atoms. The Morgan fingerprint density at radius 2 is 2.32 bits per heavy atom. The molecule has 2 atom stereocenters. The average Bonchev–Trinajstić information content (AvgIpc) is 3.17. The molecule has 2 aliphatic rings. The van der Waals surface area contributed by atoms with Gasteiger partial charge in [-0.25, -0.2) is 9.97 Å². The van der Waals surface area contributed by atoms with Crippen LogP contribution in [0.5, 0.6) is 0 Å². The van der Waals surface area contributed by atoms with Gasteiger partial charge in [0.15, 0.2) is 0 Å². The van der Waals surface area contributed by atoms with Crippen molar-refractivity contribution < 1.29 is 5.11 Å². The van der Waals surface area contributed by atoms with E-state index in [1.54, 1.807) is 17.2 Å². The minimum Gasteiger partial charge on any atom is -0.388 e. The summed E-state index contributed by atoms with van der Waals surface area (Å²) in [5.74, 6) is 0.832. The zero-order valence-electron chi connectivity index (χ0n) is 11.8. The second kappa shape index (κ2) is 4.91. The SMILES string of the molecule is OC1(Cn2cncn2)CCC2(CNc3ncc(Br)c(Cl)c32)C1. The number of pyridine rings is 1. The van der Waals surface area contributed by atoms with Crippen LogP contribution in [-0.2, 0) is 12.0 Å². The first kappa shape index (κ1) is 14.4. The molecule has 0 saturated heterocycles. The van der Waals surface area contributed by atoms with Crippen molar-refractivity contribution in [3.8, 4) is 0 Å². The first-order chi connectivity index (χ1) is 10.5. The fourth-order valence-electron chi connectivity index (χ4n) is 3.82. The van der Waals surface area contributed by atoms with Gasteiger partial charge >= 0.3 is 0 Å². The van der Waals surface area contributed by atoms with E-state index in [-0.39, 0.29) is 5.41 Å². The van der Waals surface area contributed by atoms with E-state index < -0.39 is 5.60 Å². The van der Waals surface area contributed by atoms with Crippen molar-refractivity contribution in [1.82, 2.24) is 19.7 Å². The number of anilines is 1. The standard InChI is InChI=1S/C14H15BrClN5O/c15-9-3-18-12-10(11(9)16)13(5-19-12)1-2-14(22,4-13)6-21-8-17-7-20-21/h3,7-8,22H,1-2,4-6H2,(H,18,19). The van der Waals surface area contributed by atoms with Crippen LogP contribution in [0.25, 0.3) is 0 Å². The van der Waals surface area contributed by atoms with Crippen molar-refractivity contribution in [3.05, 3.63) is 33.9 Å². The maximum absolute atomic E-state index is 11.0. The number of rotatable bonds is 2. The van der Waals surface area contributed by atoms with E-state index in [1.807, 2.05) is 0 Å². The Hall–Kier alpha value is -1.18. The number of hydrogen-bond donors (Lipinski definition) is 2. The Balaban J connectivity index is 1.68. The number of aromatic nitrogens is 4. The molecule has 0 amide bonds. The molecular weight excluding hydrogens is 370 g/mol. The molecule has 1 aliphatic heterocycles. The third-order valence-electron chi connectivity index (χ3n) is 4.76. The molecule has 3 heterocycles. The van der Waals surface area contributed by atoms with Gasteiger partial charge in [-0.3, -0.25) is 4.68 Å². The molecule has 2 aromatic heterocycles. The van der Waals surface area contributed by atoms with E-state index >= 15 is 0 Å². The molecule has 1 fully saturated rings. The van der Waals surface area contributed by atoms with E-state index in [4.69, 9.17) is 11.6 Å². The number of hydrogen-bond acceptors (Lipinski definition) is 5. The molecule has 1 aliphatic carbocycles. The number of nitrogens with zero attached hydrogens (tertiary/aromatic N) is 4. The Labute approximate surface area is 141 Å². The summed E-state index contributed by atoms with van der Waals surface area (Å²) in [4.78, 5) is 8.35. The number of halogens is 2. The molecule has 8 heteroatoms. The van der Waals surface area contributed by atoms with E-state index in [1.165, 1.54) is 6.33 Å². The summed E-state index contributed by atoms with van der Waals surface area (Å²) in [5, 5.41) is 19.1. The summed E-state index contributed by atoms with van der Waals surface area (Å²) < 4.78 is 2.48. The molecular formula is C14H15BrClN5O. The summed E-state index contributed by atoms with van der Waals surface area (Å²) in [7, 11) is 0. The van der Waals surface area contributed by atoms with Crippen molar-refractivity contribution in [2.24, 2.45) is 0 Å². The first-order valence-corrected chi connectivity index (χ1v) is 8.32. The van der Waals surface area contributed by atoms with E-state index in [2.05, 4.69) is 36.3 Å². The van der Waals surface area contributed by atoms with Gasteiger partial charge in [0.05, 0.1) is 21.6 Å². The second-order valence-electron chi connectivity index (χ2n) is 6.27. The zero-order valence-corrected chi connectivity index (χ0v) is 14.1. The summed E-state index contributed by atoms with van der Waals surface area (Å²) in [6.45, 7) is 1.20. The molecule has 22 heavy (non-hydrogen) atoms. The summed E-state index contributed by atoms with van der Waals surface area (Å²) in [5.41, 5.74) is 0.0549. The van der Waals surface area contributed by atoms with Crippen molar-refractivity contribution in [1.29, 1.82) is 0 Å². The fourth-order valence-corrected chi connectivity index (χ4v) is 4.46. The molecule has 1 saturated carbocycles. The molecule has 2 unspecified atom stereocenters. The monoisotopic (exact) mass is 383 g/mol. The maximum Gasteiger partial charge on any atom is 0.137 e. The highest BCUT2D eigenvalue weighted by molar-refractivity contribution is 9.10. The lowest BCUT2D eigenvalue weighted by Crippen LogP contribution is -2.35. The summed E-state index contributed by atoms with van der Waals surface area (Å²) >= 11 is 9.96. The third-order valence-corrected chi connectivity index (χ3v) is 5.98. The summed E-state index contributed by atoms with van der Waals surface area (Å²) in [6.07, 6.45) is 7.04. The molecule has 0 radical (unpaired) electrons. The highest BCUT2D eigenvalue weighted by Gasteiger charge is 2.53. The van der Waals surface area contributed by atoms with Crippen LogP contribution < -0.4 is 5.32 Å². The largest absolute Gasteiger partial charge is 0.388 e. The van der Waals surface area contributed by atoms with Crippen LogP contribution in [-0.4, -0.2) is 37.0 Å². The van der Waals surface area contributed by atoms with Crippen molar-refractivity contribution in [2.45, 2.75) is 36.8 Å². The quantitative estimate of drug-likeness (QED) is 0.831. The Morgan fingerprint density at radius 1 is 1.45 bits per heavy atom. The normalized spacial score (nSPS) is 29.8. The third kappa shape index (κ3) is 2.14. The van der Waals surface area contributed by atoms with E-state index in [0.29, 0.717) is 24.4 Å². The van der Waals surface area contributed by atoms with Gasteiger partial charge < -0.3 is 10.4 Å². The number of aliphatic hydroxyl groups is 1. The topological polar surface area (TPSA) is 75.9 Å². The molecule has 4 rings (SSSR count). The van der Waals surface area contributed by atoms with E-state index in [9.17, 15) is 5.11 Å². The van der Waals surface area contributed by atoms with Gasteiger partial charge in [0.1, 0.15) is 18.5 Å². The van der Waals surface area contributed by atoms with Crippen molar-refractivity contribution in [2.75, 3.05) is 11.9 Å². The van der Waals surface area contributed by atoms with E-state index in [0.717, 1.165) is 28.8 Å². The van der Waals surface area contributed by atoms with Gasteiger partial charge in [-0.2, -0.15) is 5.10 Å². The lowest BCUT2D eigenvalue weighted by atomic mass is 9.80. The van der Waals surface area contributed by atoms with Gasteiger partial charge in [0, 0.05) is 23.7 Å². The van der Waals surface area contributed by atoms with Gasteiger partial charge in [0.2, 0.25) is 0 Å². The van der Waals surface area contributed by atoms with Crippen LogP contribution >= 0.6 is 27.5 Å².